The summed E-state index contributed by atoms with van der Waals surface area (Å²) in [6.45, 7) is 0. The summed E-state index contributed by atoms with van der Waals surface area (Å²) in [4.78, 5) is 0. The van der Waals surface area contributed by atoms with E-state index >= 15 is 0 Å². The highest BCUT2D eigenvalue weighted by molar-refractivity contribution is 9.09. The Hall–Kier alpha value is -0.0400. The van der Waals surface area contributed by atoms with Crippen LogP contribution in [0, 0.1) is 5.92 Å². The van der Waals surface area contributed by atoms with Gasteiger partial charge >= 0.3 is 0 Å². The van der Waals surface area contributed by atoms with Crippen LogP contribution in [0.2, 0.25) is 0 Å². The zero-order chi connectivity index (χ0) is 6.53. The number of rotatable bonds is 1. The van der Waals surface area contributed by atoms with Crippen molar-refractivity contribution in [1.29, 1.82) is 0 Å². The van der Waals surface area contributed by atoms with Crippen LogP contribution in [-0.2, 0) is 0 Å². The Labute approximate surface area is 64.8 Å². The zero-order valence-electron chi connectivity index (χ0n) is 5.39. The predicted octanol–water partition coefficient (Wildman–Crippen LogP) is 2.90. The van der Waals surface area contributed by atoms with Gasteiger partial charge in [0.05, 0.1) is 0 Å². The third kappa shape index (κ3) is 2.35. The highest BCUT2D eigenvalue weighted by Gasteiger charge is 1.99. The van der Waals surface area contributed by atoms with E-state index in [0.29, 0.717) is 0 Å². The van der Waals surface area contributed by atoms with Crippen LogP contribution in [0.4, 0.5) is 0 Å². The third-order valence-electron chi connectivity index (χ3n) is 1.48. The first kappa shape index (κ1) is 7.07. The quantitative estimate of drug-likeness (QED) is 0.437. The molecule has 1 atom stereocenters. The molecule has 0 N–H and O–H groups in total. The highest BCUT2D eigenvalue weighted by Crippen LogP contribution is 2.13. The van der Waals surface area contributed by atoms with E-state index in [1.807, 2.05) is 0 Å². The van der Waals surface area contributed by atoms with E-state index in [0.717, 1.165) is 17.7 Å². The Balaban J connectivity index is 2.44. The largest absolute Gasteiger partial charge is 0.0922 e. The number of hydrogen-bond donors (Lipinski definition) is 0. The van der Waals surface area contributed by atoms with Crippen molar-refractivity contribution in [2.24, 2.45) is 5.92 Å². The molecule has 0 heterocycles. The Kier molecular flexibility index (Phi) is 3.05. The molecule has 0 bridgehead atoms. The Morgan fingerprint density at radius 1 is 1.33 bits per heavy atom. The van der Waals surface area contributed by atoms with Gasteiger partial charge in [0.15, 0.2) is 0 Å². The normalized spacial score (nSPS) is 26.1. The van der Waals surface area contributed by atoms with E-state index in [1.165, 1.54) is 6.42 Å². The summed E-state index contributed by atoms with van der Waals surface area (Å²) < 4.78 is 0. The lowest BCUT2D eigenvalue weighted by atomic mass is 10.1. The summed E-state index contributed by atoms with van der Waals surface area (Å²) in [5.74, 6) is 0.726. The van der Waals surface area contributed by atoms with Crippen LogP contribution in [0.25, 0.3) is 0 Å². The van der Waals surface area contributed by atoms with E-state index < -0.39 is 0 Å². The van der Waals surface area contributed by atoms with Gasteiger partial charge in [-0.3, -0.25) is 0 Å². The van der Waals surface area contributed by atoms with Gasteiger partial charge in [0, 0.05) is 5.33 Å². The molecule has 1 aliphatic carbocycles. The fourth-order valence-corrected chi connectivity index (χ4v) is 1.39. The Morgan fingerprint density at radius 2 is 2.22 bits per heavy atom. The van der Waals surface area contributed by atoms with Crippen LogP contribution in [-0.4, -0.2) is 5.33 Å². The van der Waals surface area contributed by atoms with Crippen LogP contribution in [0.15, 0.2) is 24.3 Å². The van der Waals surface area contributed by atoms with E-state index in [9.17, 15) is 0 Å². The lowest BCUT2D eigenvalue weighted by Gasteiger charge is -2.01. The van der Waals surface area contributed by atoms with E-state index in [2.05, 4.69) is 40.2 Å². The summed E-state index contributed by atoms with van der Waals surface area (Å²) in [6, 6.07) is 0. The first-order valence-corrected chi connectivity index (χ1v) is 4.43. The van der Waals surface area contributed by atoms with Gasteiger partial charge in [0.1, 0.15) is 0 Å². The molecule has 0 saturated heterocycles. The fourth-order valence-electron chi connectivity index (χ4n) is 0.910. The molecule has 0 aromatic carbocycles. The van der Waals surface area contributed by atoms with E-state index in [-0.39, 0.29) is 0 Å². The van der Waals surface area contributed by atoms with Gasteiger partial charge in [-0.1, -0.05) is 40.2 Å². The molecule has 1 aliphatic rings. The first-order chi connectivity index (χ1) is 4.43. The molecular weight excluding hydrogens is 176 g/mol. The van der Waals surface area contributed by atoms with Crippen molar-refractivity contribution in [2.45, 2.75) is 12.8 Å². The minimum Gasteiger partial charge on any atom is -0.0922 e. The molecule has 0 aromatic heterocycles. The summed E-state index contributed by atoms with van der Waals surface area (Å²) in [5.41, 5.74) is 0. The standard InChI is InChI=1S/C8H11Br/c9-7-8-5-3-1-2-4-6-8/h1,3-4,6,8H,2,5,7H2. The molecule has 0 nitrogen and oxygen atoms in total. The van der Waals surface area contributed by atoms with Gasteiger partial charge in [-0.05, 0) is 18.8 Å². The molecule has 0 amide bonds. The maximum Gasteiger partial charge on any atom is 0.00972 e. The van der Waals surface area contributed by atoms with Crippen molar-refractivity contribution in [2.75, 3.05) is 5.33 Å². The first-order valence-electron chi connectivity index (χ1n) is 3.31. The van der Waals surface area contributed by atoms with Gasteiger partial charge in [-0.15, -0.1) is 0 Å². The summed E-state index contributed by atoms with van der Waals surface area (Å²) in [6.07, 6.45) is 11.3. The average Bonchev–Trinajstić information content (AvgIpc) is 2.13. The third-order valence-corrected chi connectivity index (χ3v) is 2.32. The smallest absolute Gasteiger partial charge is 0.00972 e. The lowest BCUT2D eigenvalue weighted by Crippen LogP contribution is -1.93. The van der Waals surface area contributed by atoms with Crippen molar-refractivity contribution in [3.63, 3.8) is 0 Å². The number of allylic oxidation sites excluding steroid dienone is 4. The van der Waals surface area contributed by atoms with Gasteiger partial charge in [0.25, 0.3) is 0 Å². The molecule has 1 heteroatoms. The van der Waals surface area contributed by atoms with E-state index in [4.69, 9.17) is 0 Å². The molecule has 0 aromatic rings. The van der Waals surface area contributed by atoms with Crippen LogP contribution in [0.5, 0.6) is 0 Å². The van der Waals surface area contributed by atoms with Crippen LogP contribution >= 0.6 is 15.9 Å². The molecule has 0 spiro atoms. The van der Waals surface area contributed by atoms with Crippen molar-refractivity contribution >= 4 is 15.9 Å². The molecule has 0 radical (unpaired) electrons. The molecule has 0 fully saturated rings. The maximum absolute atomic E-state index is 3.46. The molecule has 1 rings (SSSR count). The molecule has 0 saturated carbocycles. The van der Waals surface area contributed by atoms with Crippen LogP contribution < -0.4 is 0 Å². The number of halogens is 1. The molecule has 50 valence electrons. The van der Waals surface area contributed by atoms with Crippen molar-refractivity contribution in [3.8, 4) is 0 Å². The van der Waals surface area contributed by atoms with Crippen LogP contribution in [0.3, 0.4) is 0 Å². The monoisotopic (exact) mass is 186 g/mol. The summed E-state index contributed by atoms with van der Waals surface area (Å²) >= 11 is 3.46. The van der Waals surface area contributed by atoms with Crippen LogP contribution in [0.1, 0.15) is 12.8 Å². The summed E-state index contributed by atoms with van der Waals surface area (Å²) in [5, 5.41) is 1.09. The molecular formula is C8H11Br. The topological polar surface area (TPSA) is 0 Å². The molecule has 1 unspecified atom stereocenters. The van der Waals surface area contributed by atoms with Crippen molar-refractivity contribution in [3.05, 3.63) is 24.3 Å². The molecule has 0 aliphatic heterocycles. The Morgan fingerprint density at radius 3 is 3.00 bits per heavy atom. The second-order valence-electron chi connectivity index (χ2n) is 2.29. The van der Waals surface area contributed by atoms with Gasteiger partial charge in [0.2, 0.25) is 0 Å². The van der Waals surface area contributed by atoms with Crippen molar-refractivity contribution in [1.82, 2.24) is 0 Å². The predicted molar refractivity (Wildman–Crippen MR) is 44.8 cm³/mol. The van der Waals surface area contributed by atoms with Gasteiger partial charge in [-0.25, -0.2) is 0 Å². The second-order valence-corrected chi connectivity index (χ2v) is 2.93. The molecule has 9 heavy (non-hydrogen) atoms. The SMILES string of the molecule is BrCC1C=CCC=CC1. The van der Waals surface area contributed by atoms with E-state index in [1.54, 1.807) is 0 Å². The average molecular weight is 187 g/mol. The van der Waals surface area contributed by atoms with Gasteiger partial charge in [-0.2, -0.15) is 0 Å². The van der Waals surface area contributed by atoms with Crippen molar-refractivity contribution < 1.29 is 0 Å². The zero-order valence-corrected chi connectivity index (χ0v) is 6.97. The summed E-state index contributed by atoms with van der Waals surface area (Å²) in [7, 11) is 0. The highest BCUT2D eigenvalue weighted by atomic mass is 79.9. The minimum absolute atomic E-state index is 0.726. The number of alkyl halides is 1. The lowest BCUT2D eigenvalue weighted by molar-refractivity contribution is 0.766. The second kappa shape index (κ2) is 3.89. The Bertz CT molecular complexity index is 125. The van der Waals surface area contributed by atoms with Gasteiger partial charge < -0.3 is 0 Å². The maximum atomic E-state index is 3.46. The minimum atomic E-state index is 0.726. The number of hydrogen-bond acceptors (Lipinski definition) is 0. The fraction of sp³-hybridized carbons (Fsp3) is 0.500.